The second kappa shape index (κ2) is 8.32. The summed E-state index contributed by atoms with van der Waals surface area (Å²) in [5.74, 6) is -0.187. The molecule has 25 heavy (non-hydrogen) atoms. The highest BCUT2D eigenvalue weighted by Gasteiger charge is 2.10. The summed E-state index contributed by atoms with van der Waals surface area (Å²) in [5.41, 5.74) is 3.50. The normalized spacial score (nSPS) is 10.4. The average Bonchev–Trinajstić information content (AvgIpc) is 2.53. The summed E-state index contributed by atoms with van der Waals surface area (Å²) in [5, 5.41) is 5.38. The third-order valence-electron chi connectivity index (χ3n) is 3.55. The van der Waals surface area contributed by atoms with Crippen molar-refractivity contribution >= 4 is 17.6 Å². The standard InChI is InChI=1S/C18H21FN4O2/c1-11-6-14(9-20-16(11)4-5-19)10-21-18(25)15-7-12(2)22-17(8-15)23-13(3)24/h6-9H,4-5,10H2,1-3H3,(H,21,25)(H,22,23,24). The van der Waals surface area contributed by atoms with E-state index in [1.54, 1.807) is 19.2 Å². The number of hydrogen-bond donors (Lipinski definition) is 2. The number of amides is 2. The number of anilines is 1. The summed E-state index contributed by atoms with van der Waals surface area (Å²) < 4.78 is 12.4. The van der Waals surface area contributed by atoms with Gasteiger partial charge in [-0.3, -0.25) is 19.0 Å². The van der Waals surface area contributed by atoms with Crippen LogP contribution in [0.15, 0.2) is 24.4 Å². The molecule has 0 aliphatic heterocycles. The van der Waals surface area contributed by atoms with Crippen LogP contribution < -0.4 is 10.6 Å². The lowest BCUT2D eigenvalue weighted by Crippen LogP contribution is -2.23. The molecule has 2 heterocycles. The van der Waals surface area contributed by atoms with Crippen molar-refractivity contribution < 1.29 is 14.0 Å². The van der Waals surface area contributed by atoms with Gasteiger partial charge in [0.2, 0.25) is 5.91 Å². The van der Waals surface area contributed by atoms with Crippen LogP contribution in [-0.2, 0) is 17.8 Å². The van der Waals surface area contributed by atoms with Crippen LogP contribution in [0.2, 0.25) is 0 Å². The van der Waals surface area contributed by atoms with E-state index in [2.05, 4.69) is 20.6 Å². The van der Waals surface area contributed by atoms with E-state index in [1.807, 2.05) is 13.0 Å². The number of aryl methyl sites for hydroxylation is 3. The smallest absolute Gasteiger partial charge is 0.251 e. The highest BCUT2D eigenvalue weighted by molar-refractivity contribution is 5.96. The van der Waals surface area contributed by atoms with Crippen molar-refractivity contribution in [2.45, 2.75) is 33.7 Å². The molecule has 0 saturated carbocycles. The molecule has 0 bridgehead atoms. The molecule has 2 aromatic heterocycles. The maximum atomic E-state index is 12.4. The number of aromatic nitrogens is 2. The predicted molar refractivity (Wildman–Crippen MR) is 93.1 cm³/mol. The molecule has 0 aliphatic carbocycles. The summed E-state index contributed by atoms with van der Waals surface area (Å²) in [7, 11) is 0. The molecule has 0 fully saturated rings. The van der Waals surface area contributed by atoms with Crippen LogP contribution in [0.5, 0.6) is 0 Å². The fraction of sp³-hybridized carbons (Fsp3) is 0.333. The summed E-state index contributed by atoms with van der Waals surface area (Å²) in [6.45, 7) is 4.86. The third-order valence-corrected chi connectivity index (χ3v) is 3.55. The molecular weight excluding hydrogens is 323 g/mol. The van der Waals surface area contributed by atoms with Crippen LogP contribution >= 0.6 is 0 Å². The Morgan fingerprint density at radius 2 is 1.96 bits per heavy atom. The van der Waals surface area contributed by atoms with E-state index in [-0.39, 0.29) is 11.8 Å². The van der Waals surface area contributed by atoms with Crippen LogP contribution in [0.25, 0.3) is 0 Å². The molecule has 6 nitrogen and oxygen atoms in total. The molecule has 0 spiro atoms. The van der Waals surface area contributed by atoms with Crippen molar-refractivity contribution in [2.24, 2.45) is 0 Å². The number of nitrogens with zero attached hydrogens (tertiary/aromatic N) is 2. The van der Waals surface area contributed by atoms with Crippen LogP contribution in [-0.4, -0.2) is 28.5 Å². The summed E-state index contributed by atoms with van der Waals surface area (Å²) in [4.78, 5) is 31.9. The molecule has 0 saturated heterocycles. The zero-order chi connectivity index (χ0) is 18.4. The van der Waals surface area contributed by atoms with Gasteiger partial charge in [0.1, 0.15) is 5.82 Å². The Bertz CT molecular complexity index is 793. The number of rotatable bonds is 6. The number of hydrogen-bond acceptors (Lipinski definition) is 4. The molecule has 2 rings (SSSR count). The highest BCUT2D eigenvalue weighted by Crippen LogP contribution is 2.12. The van der Waals surface area contributed by atoms with E-state index in [1.165, 1.54) is 13.0 Å². The van der Waals surface area contributed by atoms with Gasteiger partial charge < -0.3 is 10.6 Å². The predicted octanol–water partition coefficient (Wildman–Crippen LogP) is 2.49. The Hall–Kier alpha value is -2.83. The fourth-order valence-corrected chi connectivity index (χ4v) is 2.44. The van der Waals surface area contributed by atoms with Crippen molar-refractivity contribution in [1.82, 2.24) is 15.3 Å². The van der Waals surface area contributed by atoms with Crippen LogP contribution in [0.1, 0.15) is 39.8 Å². The summed E-state index contributed by atoms with van der Waals surface area (Å²) >= 11 is 0. The largest absolute Gasteiger partial charge is 0.348 e. The molecule has 0 radical (unpaired) electrons. The molecular formula is C18H21FN4O2. The Kier molecular flexibility index (Phi) is 6.16. The second-order valence-corrected chi connectivity index (χ2v) is 5.79. The average molecular weight is 344 g/mol. The lowest BCUT2D eigenvalue weighted by atomic mass is 10.1. The zero-order valence-electron chi connectivity index (χ0n) is 14.5. The lowest BCUT2D eigenvalue weighted by molar-refractivity contribution is -0.114. The second-order valence-electron chi connectivity index (χ2n) is 5.79. The molecule has 0 atom stereocenters. The monoisotopic (exact) mass is 344 g/mol. The minimum Gasteiger partial charge on any atom is -0.348 e. The van der Waals surface area contributed by atoms with Crippen LogP contribution in [0.3, 0.4) is 0 Å². The van der Waals surface area contributed by atoms with Gasteiger partial charge in [-0.15, -0.1) is 0 Å². The van der Waals surface area contributed by atoms with Gasteiger partial charge in [0.25, 0.3) is 5.91 Å². The Morgan fingerprint density at radius 3 is 2.60 bits per heavy atom. The zero-order valence-corrected chi connectivity index (χ0v) is 14.5. The maximum Gasteiger partial charge on any atom is 0.251 e. The Balaban J connectivity index is 2.06. The number of nitrogens with one attached hydrogen (secondary N) is 2. The topological polar surface area (TPSA) is 84.0 Å². The number of carbonyl (C=O) groups is 2. The van der Waals surface area contributed by atoms with Gasteiger partial charge in [-0.2, -0.15) is 0 Å². The first kappa shape index (κ1) is 18.5. The number of alkyl halides is 1. The van der Waals surface area contributed by atoms with Gasteiger partial charge in [-0.05, 0) is 37.1 Å². The minimum absolute atomic E-state index is 0.251. The molecule has 0 aliphatic rings. The van der Waals surface area contributed by atoms with E-state index in [9.17, 15) is 14.0 Å². The summed E-state index contributed by atoms with van der Waals surface area (Å²) in [6, 6.07) is 5.06. The number of halogens is 1. The molecule has 2 N–H and O–H groups in total. The quantitative estimate of drug-likeness (QED) is 0.843. The molecule has 2 aromatic rings. The lowest BCUT2D eigenvalue weighted by Gasteiger charge is -2.10. The Labute approximate surface area is 145 Å². The van der Waals surface area contributed by atoms with Gasteiger partial charge in [0.15, 0.2) is 0 Å². The van der Waals surface area contributed by atoms with Gasteiger partial charge in [0.05, 0.1) is 6.67 Å². The van der Waals surface area contributed by atoms with E-state index in [4.69, 9.17) is 0 Å². The van der Waals surface area contributed by atoms with E-state index >= 15 is 0 Å². The van der Waals surface area contributed by atoms with Crippen LogP contribution in [0, 0.1) is 13.8 Å². The van der Waals surface area contributed by atoms with E-state index in [0.717, 1.165) is 16.8 Å². The van der Waals surface area contributed by atoms with E-state index in [0.29, 0.717) is 30.0 Å². The SMILES string of the molecule is CC(=O)Nc1cc(C(=O)NCc2cnc(CCF)c(C)c2)cc(C)n1. The maximum absolute atomic E-state index is 12.4. The van der Waals surface area contributed by atoms with E-state index < -0.39 is 6.67 Å². The van der Waals surface area contributed by atoms with Gasteiger partial charge in [-0.1, -0.05) is 6.07 Å². The van der Waals surface area contributed by atoms with Gasteiger partial charge in [-0.25, -0.2) is 4.98 Å². The van der Waals surface area contributed by atoms with Crippen molar-refractivity contribution in [3.8, 4) is 0 Å². The van der Waals surface area contributed by atoms with Crippen molar-refractivity contribution in [3.63, 3.8) is 0 Å². The molecule has 2 amide bonds. The fourth-order valence-electron chi connectivity index (χ4n) is 2.44. The molecule has 7 heteroatoms. The summed E-state index contributed by atoms with van der Waals surface area (Å²) in [6.07, 6.45) is 1.93. The number of carbonyl (C=O) groups excluding carboxylic acids is 2. The van der Waals surface area contributed by atoms with Gasteiger partial charge >= 0.3 is 0 Å². The Morgan fingerprint density at radius 1 is 1.20 bits per heavy atom. The molecule has 132 valence electrons. The van der Waals surface area contributed by atoms with Crippen molar-refractivity contribution in [1.29, 1.82) is 0 Å². The van der Waals surface area contributed by atoms with Crippen molar-refractivity contribution in [3.05, 3.63) is 52.5 Å². The molecule has 0 aromatic carbocycles. The first-order chi connectivity index (χ1) is 11.9. The first-order valence-electron chi connectivity index (χ1n) is 7.94. The third kappa shape index (κ3) is 5.34. The van der Waals surface area contributed by atoms with Gasteiger partial charge in [0, 0.05) is 43.0 Å². The molecule has 0 unspecified atom stereocenters. The highest BCUT2D eigenvalue weighted by atomic mass is 19.1. The first-order valence-corrected chi connectivity index (χ1v) is 7.94. The van der Waals surface area contributed by atoms with Crippen molar-refractivity contribution in [2.75, 3.05) is 12.0 Å². The minimum atomic E-state index is -0.443. The number of pyridine rings is 2. The van der Waals surface area contributed by atoms with Crippen LogP contribution in [0.4, 0.5) is 10.2 Å².